The van der Waals surface area contributed by atoms with Gasteiger partial charge in [-0.25, -0.2) is 0 Å². The summed E-state index contributed by atoms with van der Waals surface area (Å²) < 4.78 is 0. The molecule has 1 N–H and O–H groups in total. The number of hydrogen-bond donors (Lipinski definition) is 1. The van der Waals surface area contributed by atoms with Gasteiger partial charge < -0.3 is 10.2 Å². The SMILES string of the molecule is CCNc1nc(Cl)nc(N2CCC(N3CCCC3)C2)n1. The third kappa shape index (κ3) is 2.96. The van der Waals surface area contributed by atoms with E-state index in [0.717, 1.165) is 19.6 Å². The molecule has 0 radical (unpaired) electrons. The molecule has 110 valence electrons. The summed E-state index contributed by atoms with van der Waals surface area (Å²) in [5.41, 5.74) is 0. The Hall–Kier alpha value is -1.14. The monoisotopic (exact) mass is 296 g/mol. The molecule has 1 unspecified atom stereocenters. The highest BCUT2D eigenvalue weighted by Crippen LogP contribution is 2.24. The van der Waals surface area contributed by atoms with E-state index in [4.69, 9.17) is 11.6 Å². The molecule has 0 saturated carbocycles. The normalized spacial score (nSPS) is 23.5. The van der Waals surface area contributed by atoms with Crippen LogP contribution in [0.5, 0.6) is 0 Å². The maximum absolute atomic E-state index is 5.99. The van der Waals surface area contributed by atoms with Crippen LogP contribution >= 0.6 is 11.6 Å². The van der Waals surface area contributed by atoms with Crippen LogP contribution in [0.3, 0.4) is 0 Å². The van der Waals surface area contributed by atoms with Crippen molar-refractivity contribution in [3.8, 4) is 0 Å². The lowest BCUT2D eigenvalue weighted by atomic mass is 10.2. The Balaban J connectivity index is 1.70. The Morgan fingerprint density at radius 2 is 2.00 bits per heavy atom. The maximum atomic E-state index is 5.99. The molecule has 2 aliphatic rings. The van der Waals surface area contributed by atoms with Gasteiger partial charge in [-0.3, -0.25) is 4.90 Å². The number of halogens is 1. The lowest BCUT2D eigenvalue weighted by molar-refractivity contribution is 0.260. The molecule has 3 heterocycles. The molecule has 2 saturated heterocycles. The van der Waals surface area contributed by atoms with Gasteiger partial charge in [0.05, 0.1) is 0 Å². The number of anilines is 2. The largest absolute Gasteiger partial charge is 0.354 e. The Bertz CT molecular complexity index is 462. The summed E-state index contributed by atoms with van der Waals surface area (Å²) in [6, 6.07) is 0.635. The topological polar surface area (TPSA) is 57.2 Å². The first-order valence-corrected chi connectivity index (χ1v) is 7.78. The second-order valence-corrected chi connectivity index (χ2v) is 5.73. The van der Waals surface area contributed by atoms with Gasteiger partial charge in [-0.1, -0.05) is 0 Å². The van der Waals surface area contributed by atoms with Gasteiger partial charge in [0, 0.05) is 25.7 Å². The standard InChI is InChI=1S/C13H21ClN6/c1-2-15-12-16-11(14)17-13(18-12)20-8-5-10(9-20)19-6-3-4-7-19/h10H,2-9H2,1H3,(H,15,16,17,18). The number of aromatic nitrogens is 3. The van der Waals surface area contributed by atoms with E-state index in [-0.39, 0.29) is 5.28 Å². The minimum Gasteiger partial charge on any atom is -0.354 e. The quantitative estimate of drug-likeness (QED) is 0.911. The molecule has 7 heteroatoms. The minimum absolute atomic E-state index is 0.260. The fourth-order valence-corrected chi connectivity index (χ4v) is 3.20. The van der Waals surface area contributed by atoms with Gasteiger partial charge in [0.25, 0.3) is 0 Å². The third-order valence-electron chi connectivity index (χ3n) is 4.03. The fraction of sp³-hybridized carbons (Fsp3) is 0.769. The average molecular weight is 297 g/mol. The van der Waals surface area contributed by atoms with E-state index < -0.39 is 0 Å². The van der Waals surface area contributed by atoms with E-state index in [1.54, 1.807) is 0 Å². The van der Waals surface area contributed by atoms with Crippen LogP contribution in [0.1, 0.15) is 26.2 Å². The fourth-order valence-electron chi connectivity index (χ4n) is 3.05. The van der Waals surface area contributed by atoms with Gasteiger partial charge in [-0.15, -0.1) is 0 Å². The first-order valence-electron chi connectivity index (χ1n) is 7.40. The number of rotatable bonds is 4. The van der Waals surface area contributed by atoms with Crippen molar-refractivity contribution in [2.75, 3.05) is 42.9 Å². The highest BCUT2D eigenvalue weighted by atomic mass is 35.5. The number of nitrogens with zero attached hydrogens (tertiary/aromatic N) is 5. The third-order valence-corrected chi connectivity index (χ3v) is 4.20. The number of likely N-dealkylation sites (tertiary alicyclic amines) is 1. The van der Waals surface area contributed by atoms with Crippen molar-refractivity contribution in [1.29, 1.82) is 0 Å². The Morgan fingerprint density at radius 1 is 1.20 bits per heavy atom. The van der Waals surface area contributed by atoms with Gasteiger partial charge in [0.1, 0.15) is 0 Å². The van der Waals surface area contributed by atoms with Crippen LogP contribution in [0.2, 0.25) is 5.28 Å². The highest BCUT2D eigenvalue weighted by molar-refractivity contribution is 6.28. The second-order valence-electron chi connectivity index (χ2n) is 5.39. The summed E-state index contributed by atoms with van der Waals surface area (Å²) >= 11 is 5.99. The van der Waals surface area contributed by atoms with E-state index in [1.165, 1.54) is 32.4 Å². The summed E-state index contributed by atoms with van der Waals surface area (Å²) in [6.45, 7) is 7.24. The molecule has 0 bridgehead atoms. The first-order chi connectivity index (χ1) is 9.76. The molecule has 6 nitrogen and oxygen atoms in total. The maximum Gasteiger partial charge on any atom is 0.231 e. The predicted octanol–water partition coefficient (Wildman–Crippen LogP) is 1.63. The van der Waals surface area contributed by atoms with Crippen LogP contribution in [-0.4, -0.2) is 58.6 Å². The van der Waals surface area contributed by atoms with Gasteiger partial charge in [0.2, 0.25) is 17.2 Å². The Labute approximate surface area is 124 Å². The Kier molecular flexibility index (Phi) is 4.21. The number of hydrogen-bond acceptors (Lipinski definition) is 6. The van der Waals surface area contributed by atoms with E-state index >= 15 is 0 Å². The predicted molar refractivity (Wildman–Crippen MR) is 80.4 cm³/mol. The zero-order valence-corrected chi connectivity index (χ0v) is 12.6. The molecule has 0 spiro atoms. The molecule has 3 rings (SSSR count). The number of nitrogens with one attached hydrogen (secondary N) is 1. The summed E-state index contributed by atoms with van der Waals surface area (Å²) in [7, 11) is 0. The Morgan fingerprint density at radius 3 is 2.75 bits per heavy atom. The second kappa shape index (κ2) is 6.10. The van der Waals surface area contributed by atoms with E-state index in [1.807, 2.05) is 6.92 Å². The van der Waals surface area contributed by atoms with E-state index in [0.29, 0.717) is 17.9 Å². The molecule has 2 aliphatic heterocycles. The van der Waals surface area contributed by atoms with Crippen molar-refractivity contribution >= 4 is 23.5 Å². The van der Waals surface area contributed by atoms with Crippen LogP contribution in [0, 0.1) is 0 Å². The molecule has 0 amide bonds. The van der Waals surface area contributed by atoms with Crippen molar-refractivity contribution in [3.63, 3.8) is 0 Å². The lowest BCUT2D eigenvalue weighted by Gasteiger charge is -2.23. The van der Waals surface area contributed by atoms with Crippen molar-refractivity contribution in [3.05, 3.63) is 5.28 Å². The van der Waals surface area contributed by atoms with Crippen LogP contribution in [0.25, 0.3) is 0 Å². The molecule has 1 atom stereocenters. The van der Waals surface area contributed by atoms with Gasteiger partial charge in [-0.2, -0.15) is 15.0 Å². The lowest BCUT2D eigenvalue weighted by Crippen LogP contribution is -2.35. The minimum atomic E-state index is 0.260. The van der Waals surface area contributed by atoms with E-state index in [9.17, 15) is 0 Å². The summed E-state index contributed by atoms with van der Waals surface area (Å²) in [5, 5.41) is 3.35. The average Bonchev–Trinajstić information content (AvgIpc) is 3.10. The van der Waals surface area contributed by atoms with Crippen LogP contribution in [-0.2, 0) is 0 Å². The van der Waals surface area contributed by atoms with Crippen LogP contribution < -0.4 is 10.2 Å². The van der Waals surface area contributed by atoms with Crippen LogP contribution in [0.15, 0.2) is 0 Å². The summed E-state index contributed by atoms with van der Waals surface area (Å²) in [4.78, 5) is 17.6. The molecule has 20 heavy (non-hydrogen) atoms. The zero-order chi connectivity index (χ0) is 13.9. The molecular weight excluding hydrogens is 276 g/mol. The van der Waals surface area contributed by atoms with Crippen molar-refractivity contribution in [2.45, 2.75) is 32.2 Å². The van der Waals surface area contributed by atoms with Crippen LogP contribution in [0.4, 0.5) is 11.9 Å². The zero-order valence-electron chi connectivity index (χ0n) is 11.8. The molecule has 1 aromatic rings. The summed E-state index contributed by atoms with van der Waals surface area (Å²) in [5.74, 6) is 1.26. The smallest absolute Gasteiger partial charge is 0.231 e. The van der Waals surface area contributed by atoms with Crippen molar-refractivity contribution in [1.82, 2.24) is 19.9 Å². The van der Waals surface area contributed by atoms with Gasteiger partial charge in [0.15, 0.2) is 0 Å². The molecule has 2 fully saturated rings. The molecule has 1 aromatic heterocycles. The van der Waals surface area contributed by atoms with Crippen molar-refractivity contribution in [2.24, 2.45) is 0 Å². The van der Waals surface area contributed by atoms with Gasteiger partial charge >= 0.3 is 0 Å². The molecular formula is C13H21ClN6. The summed E-state index contributed by atoms with van der Waals surface area (Å²) in [6.07, 6.45) is 3.84. The molecule has 0 aromatic carbocycles. The van der Waals surface area contributed by atoms with E-state index in [2.05, 4.69) is 30.1 Å². The first kappa shape index (κ1) is 13.8. The van der Waals surface area contributed by atoms with Gasteiger partial charge in [-0.05, 0) is 50.9 Å². The molecule has 0 aliphatic carbocycles. The highest BCUT2D eigenvalue weighted by Gasteiger charge is 2.30. The van der Waals surface area contributed by atoms with Crippen molar-refractivity contribution < 1.29 is 0 Å².